The first-order valence-corrected chi connectivity index (χ1v) is 5.82. The van der Waals surface area contributed by atoms with Crippen molar-refractivity contribution in [3.8, 4) is 0 Å². The average Bonchev–Trinajstić information content (AvgIpc) is 2.65. The van der Waals surface area contributed by atoms with E-state index < -0.39 is 0 Å². The van der Waals surface area contributed by atoms with Crippen LogP contribution in [0.25, 0.3) is 0 Å². The molecule has 12 heavy (non-hydrogen) atoms. The molecule has 2 aliphatic rings. The van der Waals surface area contributed by atoms with E-state index in [1.54, 1.807) is 0 Å². The predicted octanol–water partition coefficient (Wildman–Crippen LogP) is 1.66. The van der Waals surface area contributed by atoms with Crippen LogP contribution < -0.4 is 5.32 Å². The fraction of sp³-hybridized carbons (Fsp3) is 0.889. The van der Waals surface area contributed by atoms with Crippen LogP contribution in [0.15, 0.2) is 4.99 Å². The molecule has 1 fully saturated rings. The molecule has 2 unspecified atom stereocenters. The molecule has 0 aromatic heterocycles. The van der Waals surface area contributed by atoms with Gasteiger partial charge in [0.25, 0.3) is 0 Å². The first kappa shape index (κ1) is 8.42. The summed E-state index contributed by atoms with van der Waals surface area (Å²) in [5, 5.41) is 4.33. The molecule has 0 saturated carbocycles. The van der Waals surface area contributed by atoms with E-state index in [0.29, 0.717) is 6.04 Å². The monoisotopic (exact) mass is 184 g/mol. The predicted molar refractivity (Wildman–Crippen MR) is 55.0 cm³/mol. The van der Waals surface area contributed by atoms with Crippen LogP contribution in [0.1, 0.15) is 26.2 Å². The van der Waals surface area contributed by atoms with Gasteiger partial charge in [-0.15, -0.1) is 0 Å². The molecule has 2 heterocycles. The first-order valence-electron chi connectivity index (χ1n) is 4.78. The van der Waals surface area contributed by atoms with Crippen molar-refractivity contribution >= 4 is 17.6 Å². The van der Waals surface area contributed by atoms with E-state index in [9.17, 15) is 0 Å². The lowest BCUT2D eigenvalue weighted by atomic mass is 10.1. The number of hydrogen-bond donors (Lipinski definition) is 1. The molecule has 1 N–H and O–H groups in total. The lowest BCUT2D eigenvalue weighted by Crippen LogP contribution is -2.37. The third kappa shape index (κ3) is 1.76. The topological polar surface area (TPSA) is 24.4 Å². The Morgan fingerprint density at radius 3 is 3.08 bits per heavy atom. The second kappa shape index (κ2) is 3.69. The summed E-state index contributed by atoms with van der Waals surface area (Å²) in [7, 11) is 0. The SMILES string of the molecule is CC1SCCC1NC1=NCCC1. The summed E-state index contributed by atoms with van der Waals surface area (Å²) >= 11 is 2.07. The van der Waals surface area contributed by atoms with Crippen molar-refractivity contribution in [2.45, 2.75) is 37.5 Å². The molecular weight excluding hydrogens is 168 g/mol. The maximum absolute atomic E-state index is 4.43. The van der Waals surface area contributed by atoms with Gasteiger partial charge in [-0.25, -0.2) is 0 Å². The molecule has 0 radical (unpaired) electrons. The highest BCUT2D eigenvalue weighted by atomic mass is 32.2. The van der Waals surface area contributed by atoms with Gasteiger partial charge in [-0.1, -0.05) is 6.92 Å². The van der Waals surface area contributed by atoms with E-state index in [-0.39, 0.29) is 0 Å². The molecule has 0 aromatic carbocycles. The number of hydrogen-bond acceptors (Lipinski definition) is 3. The molecule has 2 atom stereocenters. The van der Waals surface area contributed by atoms with Gasteiger partial charge in [0, 0.05) is 24.3 Å². The van der Waals surface area contributed by atoms with Crippen LogP contribution in [-0.4, -0.2) is 29.4 Å². The zero-order valence-corrected chi connectivity index (χ0v) is 8.36. The Labute approximate surface area is 78.2 Å². The zero-order chi connectivity index (χ0) is 8.39. The Hall–Kier alpha value is -0.180. The molecule has 0 aromatic rings. The molecule has 0 bridgehead atoms. The summed E-state index contributed by atoms with van der Waals surface area (Å²) in [6.07, 6.45) is 3.73. The minimum atomic E-state index is 0.687. The van der Waals surface area contributed by atoms with Crippen molar-refractivity contribution in [2.75, 3.05) is 12.3 Å². The highest BCUT2D eigenvalue weighted by Gasteiger charge is 2.24. The van der Waals surface area contributed by atoms with E-state index in [1.165, 1.54) is 30.9 Å². The number of amidine groups is 1. The second-order valence-electron chi connectivity index (χ2n) is 3.55. The Morgan fingerprint density at radius 1 is 1.58 bits per heavy atom. The van der Waals surface area contributed by atoms with Crippen molar-refractivity contribution in [2.24, 2.45) is 4.99 Å². The summed E-state index contributed by atoms with van der Waals surface area (Å²) in [6.45, 7) is 3.35. The van der Waals surface area contributed by atoms with Crippen LogP contribution >= 0.6 is 11.8 Å². The summed E-state index contributed by atoms with van der Waals surface area (Å²) in [5.41, 5.74) is 0. The van der Waals surface area contributed by atoms with Gasteiger partial charge < -0.3 is 5.32 Å². The summed E-state index contributed by atoms with van der Waals surface area (Å²) in [6, 6.07) is 0.687. The van der Waals surface area contributed by atoms with Crippen molar-refractivity contribution in [3.63, 3.8) is 0 Å². The Balaban J connectivity index is 1.85. The van der Waals surface area contributed by atoms with Gasteiger partial charge in [0.1, 0.15) is 0 Å². The van der Waals surface area contributed by atoms with Gasteiger partial charge in [-0.3, -0.25) is 4.99 Å². The molecule has 1 saturated heterocycles. The Bertz CT molecular complexity index is 191. The third-order valence-corrected chi connectivity index (χ3v) is 3.93. The van der Waals surface area contributed by atoms with Gasteiger partial charge in [-0.2, -0.15) is 11.8 Å². The van der Waals surface area contributed by atoms with Gasteiger partial charge in [-0.05, 0) is 18.6 Å². The molecule has 0 aliphatic carbocycles. The van der Waals surface area contributed by atoms with E-state index in [2.05, 4.69) is 29.0 Å². The molecule has 2 aliphatic heterocycles. The van der Waals surface area contributed by atoms with E-state index in [1.807, 2.05) is 0 Å². The van der Waals surface area contributed by atoms with E-state index in [4.69, 9.17) is 0 Å². The largest absolute Gasteiger partial charge is 0.370 e. The molecule has 68 valence electrons. The zero-order valence-electron chi connectivity index (χ0n) is 7.55. The van der Waals surface area contributed by atoms with Gasteiger partial charge in [0.15, 0.2) is 0 Å². The number of aliphatic imine (C=N–C) groups is 1. The molecule has 2 rings (SSSR count). The van der Waals surface area contributed by atoms with Crippen LogP contribution in [0.5, 0.6) is 0 Å². The van der Waals surface area contributed by atoms with Crippen molar-refractivity contribution < 1.29 is 0 Å². The normalized spacial score (nSPS) is 35.2. The molecule has 2 nitrogen and oxygen atoms in total. The van der Waals surface area contributed by atoms with E-state index >= 15 is 0 Å². The maximum atomic E-state index is 4.43. The summed E-state index contributed by atoms with van der Waals surface area (Å²) in [5.74, 6) is 2.57. The van der Waals surface area contributed by atoms with Crippen LogP contribution in [0, 0.1) is 0 Å². The maximum Gasteiger partial charge on any atom is 0.0966 e. The fourth-order valence-corrected chi connectivity index (χ4v) is 2.99. The molecule has 0 spiro atoms. The highest BCUT2D eigenvalue weighted by molar-refractivity contribution is 8.00. The van der Waals surface area contributed by atoms with Gasteiger partial charge in [0.05, 0.1) is 5.84 Å². The van der Waals surface area contributed by atoms with Crippen LogP contribution in [0.4, 0.5) is 0 Å². The van der Waals surface area contributed by atoms with Gasteiger partial charge in [0.2, 0.25) is 0 Å². The highest BCUT2D eigenvalue weighted by Crippen LogP contribution is 2.26. The number of nitrogens with one attached hydrogen (secondary N) is 1. The smallest absolute Gasteiger partial charge is 0.0966 e. The Kier molecular flexibility index (Phi) is 2.59. The minimum Gasteiger partial charge on any atom is -0.370 e. The molecular formula is C9H16N2S. The summed E-state index contributed by atoms with van der Waals surface area (Å²) < 4.78 is 0. The standard InChI is InChI=1S/C9H16N2S/c1-7-8(4-6-12-7)11-9-3-2-5-10-9/h7-8H,2-6H2,1H3,(H,10,11). The van der Waals surface area contributed by atoms with Gasteiger partial charge >= 0.3 is 0 Å². The summed E-state index contributed by atoms with van der Waals surface area (Å²) in [4.78, 5) is 4.43. The fourth-order valence-electron chi connectivity index (χ4n) is 1.79. The van der Waals surface area contributed by atoms with Crippen LogP contribution in [0.3, 0.4) is 0 Å². The lowest BCUT2D eigenvalue weighted by molar-refractivity contribution is 0.607. The second-order valence-corrected chi connectivity index (χ2v) is 5.03. The third-order valence-electron chi connectivity index (χ3n) is 2.60. The first-order chi connectivity index (χ1) is 5.86. The van der Waals surface area contributed by atoms with Crippen LogP contribution in [0.2, 0.25) is 0 Å². The Morgan fingerprint density at radius 2 is 2.50 bits per heavy atom. The van der Waals surface area contributed by atoms with Crippen molar-refractivity contribution in [3.05, 3.63) is 0 Å². The van der Waals surface area contributed by atoms with Crippen LogP contribution in [-0.2, 0) is 0 Å². The lowest BCUT2D eigenvalue weighted by Gasteiger charge is -2.17. The average molecular weight is 184 g/mol. The quantitative estimate of drug-likeness (QED) is 0.670. The molecule has 3 heteroatoms. The number of rotatable bonds is 1. The van der Waals surface area contributed by atoms with Crippen molar-refractivity contribution in [1.29, 1.82) is 0 Å². The minimum absolute atomic E-state index is 0.687. The number of nitrogens with zero attached hydrogens (tertiary/aromatic N) is 1. The number of thioether (sulfide) groups is 1. The van der Waals surface area contributed by atoms with E-state index in [0.717, 1.165) is 11.8 Å². The molecule has 0 amide bonds. The van der Waals surface area contributed by atoms with Crippen molar-refractivity contribution in [1.82, 2.24) is 5.32 Å².